The molecule has 2 rings (SSSR count). The molecule has 0 aliphatic carbocycles. The number of nitrogens with one attached hydrogen (secondary N) is 2. The first-order valence-corrected chi connectivity index (χ1v) is 7.17. The van der Waals surface area contributed by atoms with E-state index in [9.17, 15) is 13.6 Å². The molecule has 0 fully saturated rings. The van der Waals surface area contributed by atoms with Crippen LogP contribution in [0, 0.1) is 25.5 Å². The van der Waals surface area contributed by atoms with Gasteiger partial charge >= 0.3 is 6.03 Å². The van der Waals surface area contributed by atoms with Crippen molar-refractivity contribution >= 4 is 11.7 Å². The van der Waals surface area contributed by atoms with Crippen molar-refractivity contribution in [2.24, 2.45) is 0 Å². The Kier molecular flexibility index (Phi) is 5.51. The van der Waals surface area contributed by atoms with Crippen LogP contribution in [0.3, 0.4) is 0 Å². The zero-order valence-electron chi connectivity index (χ0n) is 13.0. The zero-order valence-corrected chi connectivity index (χ0v) is 13.0. The fourth-order valence-electron chi connectivity index (χ4n) is 2.12. The van der Waals surface area contributed by atoms with E-state index in [0.29, 0.717) is 0 Å². The molecule has 2 amide bonds. The standard InChI is InChI=1S/C17H18F2N2O2/c1-11-5-3-6-12(2)16(11)23-10-9-20-17(22)21-15-13(18)7-4-8-14(15)19/h3-8H,9-10H2,1-2H3,(H2,20,21,22). The van der Waals surface area contributed by atoms with Crippen LogP contribution in [0.1, 0.15) is 11.1 Å². The Morgan fingerprint density at radius 3 is 2.22 bits per heavy atom. The molecule has 0 aromatic heterocycles. The third-order valence-corrected chi connectivity index (χ3v) is 3.24. The molecule has 0 bridgehead atoms. The molecule has 0 aliphatic rings. The highest BCUT2D eigenvalue weighted by atomic mass is 19.1. The number of para-hydroxylation sites is 2. The lowest BCUT2D eigenvalue weighted by Gasteiger charge is -2.13. The van der Waals surface area contributed by atoms with Gasteiger partial charge < -0.3 is 15.4 Å². The number of benzene rings is 2. The number of ether oxygens (including phenoxy) is 1. The van der Waals surface area contributed by atoms with E-state index in [4.69, 9.17) is 4.74 Å². The smallest absolute Gasteiger partial charge is 0.319 e. The Morgan fingerprint density at radius 2 is 1.61 bits per heavy atom. The van der Waals surface area contributed by atoms with Crippen LogP contribution < -0.4 is 15.4 Å². The van der Waals surface area contributed by atoms with Crippen molar-refractivity contribution < 1.29 is 18.3 Å². The molecule has 2 aromatic carbocycles. The maximum atomic E-state index is 13.4. The summed E-state index contributed by atoms with van der Waals surface area (Å²) in [5.41, 5.74) is 1.53. The molecule has 4 nitrogen and oxygen atoms in total. The summed E-state index contributed by atoms with van der Waals surface area (Å²) < 4.78 is 32.4. The van der Waals surface area contributed by atoms with E-state index in [2.05, 4.69) is 10.6 Å². The van der Waals surface area contributed by atoms with Crippen LogP contribution in [0.15, 0.2) is 36.4 Å². The van der Waals surface area contributed by atoms with Crippen LogP contribution >= 0.6 is 0 Å². The van der Waals surface area contributed by atoms with Crippen LogP contribution in [0.25, 0.3) is 0 Å². The summed E-state index contributed by atoms with van der Waals surface area (Å²) >= 11 is 0. The lowest BCUT2D eigenvalue weighted by atomic mass is 10.1. The van der Waals surface area contributed by atoms with Gasteiger partial charge in [0.2, 0.25) is 0 Å². The van der Waals surface area contributed by atoms with Crippen LogP contribution in [-0.2, 0) is 0 Å². The van der Waals surface area contributed by atoms with Gasteiger partial charge in [-0.2, -0.15) is 0 Å². The Labute approximate surface area is 133 Å². The summed E-state index contributed by atoms with van der Waals surface area (Å²) in [6.45, 7) is 4.32. The first-order chi connectivity index (χ1) is 11.0. The first kappa shape index (κ1) is 16.7. The molecule has 0 saturated carbocycles. The number of amides is 2. The number of anilines is 1. The van der Waals surface area contributed by atoms with Gasteiger partial charge in [0.25, 0.3) is 0 Å². The van der Waals surface area contributed by atoms with Gasteiger partial charge in [-0.05, 0) is 37.1 Å². The predicted octanol–water partition coefficient (Wildman–Crippen LogP) is 3.78. The molecule has 0 heterocycles. The molecule has 2 aromatic rings. The van der Waals surface area contributed by atoms with Crippen LogP contribution in [-0.4, -0.2) is 19.2 Å². The Morgan fingerprint density at radius 1 is 1.04 bits per heavy atom. The average Bonchev–Trinajstić information content (AvgIpc) is 2.50. The highest BCUT2D eigenvalue weighted by Crippen LogP contribution is 2.22. The summed E-state index contributed by atoms with van der Waals surface area (Å²) in [4.78, 5) is 11.7. The van der Waals surface area contributed by atoms with Gasteiger partial charge in [0, 0.05) is 0 Å². The number of urea groups is 1. The van der Waals surface area contributed by atoms with E-state index in [0.717, 1.165) is 29.0 Å². The van der Waals surface area contributed by atoms with Gasteiger partial charge in [0.1, 0.15) is 29.7 Å². The minimum atomic E-state index is -0.827. The van der Waals surface area contributed by atoms with Crippen molar-refractivity contribution in [1.29, 1.82) is 0 Å². The van der Waals surface area contributed by atoms with Crippen molar-refractivity contribution in [2.45, 2.75) is 13.8 Å². The molecule has 2 N–H and O–H groups in total. The van der Waals surface area contributed by atoms with Crippen LogP contribution in [0.5, 0.6) is 5.75 Å². The van der Waals surface area contributed by atoms with Crippen molar-refractivity contribution in [2.75, 3.05) is 18.5 Å². The minimum absolute atomic E-state index is 0.204. The fourth-order valence-corrected chi connectivity index (χ4v) is 2.12. The van der Waals surface area contributed by atoms with E-state index in [-0.39, 0.29) is 13.2 Å². The summed E-state index contributed by atoms with van der Waals surface area (Å²) in [6.07, 6.45) is 0. The van der Waals surface area contributed by atoms with Crippen molar-refractivity contribution in [3.8, 4) is 5.75 Å². The Balaban J connectivity index is 1.82. The molecule has 122 valence electrons. The van der Waals surface area contributed by atoms with E-state index >= 15 is 0 Å². The Hall–Kier alpha value is -2.63. The third-order valence-electron chi connectivity index (χ3n) is 3.24. The average molecular weight is 320 g/mol. The lowest BCUT2D eigenvalue weighted by molar-refractivity contribution is 0.247. The molecule has 23 heavy (non-hydrogen) atoms. The summed E-state index contributed by atoms with van der Waals surface area (Å²) in [6, 6.07) is 8.48. The monoisotopic (exact) mass is 320 g/mol. The number of halogens is 2. The van der Waals surface area contributed by atoms with Crippen molar-refractivity contribution in [1.82, 2.24) is 5.32 Å². The van der Waals surface area contributed by atoms with Crippen LogP contribution in [0.2, 0.25) is 0 Å². The number of carbonyl (C=O) groups is 1. The second-order valence-electron chi connectivity index (χ2n) is 5.05. The minimum Gasteiger partial charge on any atom is -0.491 e. The van der Waals surface area contributed by atoms with Crippen molar-refractivity contribution in [3.63, 3.8) is 0 Å². The molecule has 0 saturated heterocycles. The molecular formula is C17H18F2N2O2. The van der Waals surface area contributed by atoms with Gasteiger partial charge in [0.05, 0.1) is 6.54 Å². The largest absolute Gasteiger partial charge is 0.491 e. The maximum Gasteiger partial charge on any atom is 0.319 e. The molecule has 0 atom stereocenters. The third kappa shape index (κ3) is 4.42. The summed E-state index contributed by atoms with van der Waals surface area (Å²) in [7, 11) is 0. The van der Waals surface area contributed by atoms with E-state index in [1.807, 2.05) is 32.0 Å². The topological polar surface area (TPSA) is 50.4 Å². The normalized spacial score (nSPS) is 10.3. The number of aryl methyl sites for hydroxylation is 2. The summed E-state index contributed by atoms with van der Waals surface area (Å²) in [5, 5.41) is 4.63. The predicted molar refractivity (Wildman–Crippen MR) is 84.8 cm³/mol. The van der Waals surface area contributed by atoms with E-state index in [1.165, 1.54) is 6.07 Å². The quantitative estimate of drug-likeness (QED) is 0.824. The summed E-state index contributed by atoms with van der Waals surface area (Å²) in [5.74, 6) is -0.881. The van der Waals surface area contributed by atoms with E-state index < -0.39 is 23.4 Å². The van der Waals surface area contributed by atoms with Gasteiger partial charge in [-0.15, -0.1) is 0 Å². The van der Waals surface area contributed by atoms with Gasteiger partial charge in [-0.1, -0.05) is 24.3 Å². The van der Waals surface area contributed by atoms with Gasteiger partial charge in [-0.3, -0.25) is 0 Å². The Bertz CT molecular complexity index is 664. The van der Waals surface area contributed by atoms with Gasteiger partial charge in [0.15, 0.2) is 0 Å². The first-order valence-electron chi connectivity index (χ1n) is 7.17. The number of hydrogen-bond acceptors (Lipinski definition) is 2. The second kappa shape index (κ2) is 7.58. The molecule has 0 radical (unpaired) electrons. The van der Waals surface area contributed by atoms with E-state index in [1.54, 1.807) is 0 Å². The SMILES string of the molecule is Cc1cccc(C)c1OCCNC(=O)Nc1c(F)cccc1F. The number of hydrogen-bond donors (Lipinski definition) is 2. The maximum absolute atomic E-state index is 13.4. The zero-order chi connectivity index (χ0) is 16.8. The lowest BCUT2D eigenvalue weighted by Crippen LogP contribution is -2.32. The number of rotatable bonds is 5. The molecule has 0 unspecified atom stereocenters. The highest BCUT2D eigenvalue weighted by Gasteiger charge is 2.11. The molecule has 6 heteroatoms. The molecule has 0 spiro atoms. The second-order valence-corrected chi connectivity index (χ2v) is 5.05. The molecule has 0 aliphatic heterocycles. The fraction of sp³-hybridized carbons (Fsp3) is 0.235. The number of carbonyl (C=O) groups excluding carboxylic acids is 1. The molecular weight excluding hydrogens is 302 g/mol. The van der Waals surface area contributed by atoms with Gasteiger partial charge in [-0.25, -0.2) is 13.6 Å². The van der Waals surface area contributed by atoms with Crippen LogP contribution in [0.4, 0.5) is 19.3 Å². The highest BCUT2D eigenvalue weighted by molar-refractivity contribution is 5.89. The van der Waals surface area contributed by atoms with Crippen molar-refractivity contribution in [3.05, 3.63) is 59.2 Å².